The molecule has 1 aromatic heterocycles. The van der Waals surface area contributed by atoms with Crippen molar-refractivity contribution in [2.24, 2.45) is 5.92 Å². The van der Waals surface area contributed by atoms with Gasteiger partial charge in [-0.15, -0.1) is 0 Å². The molecule has 1 saturated heterocycles. The number of ether oxygens (including phenoxy) is 1. The molecule has 0 spiro atoms. The number of nitrogens with one attached hydrogen (secondary N) is 1. The molecule has 0 bridgehead atoms. The number of aromatic amines is 1. The zero-order chi connectivity index (χ0) is 14.2. The number of rotatable bonds is 2. The van der Waals surface area contributed by atoms with Crippen molar-refractivity contribution in [3.8, 4) is 0 Å². The molecule has 0 amide bonds. The van der Waals surface area contributed by atoms with E-state index in [1.165, 1.54) is 40.2 Å². The molecule has 1 aliphatic heterocycles. The highest BCUT2D eigenvalue weighted by atomic mass is 79.9. The molecule has 108 valence electrons. The summed E-state index contributed by atoms with van der Waals surface area (Å²) in [5, 5.41) is 2.61. The molecule has 0 saturated carbocycles. The van der Waals surface area contributed by atoms with E-state index in [0.717, 1.165) is 13.2 Å². The van der Waals surface area contributed by atoms with Gasteiger partial charge in [0, 0.05) is 33.2 Å². The van der Waals surface area contributed by atoms with Gasteiger partial charge in [-0.25, -0.2) is 0 Å². The minimum atomic E-state index is 0.371. The lowest BCUT2D eigenvalue weighted by Gasteiger charge is -2.26. The van der Waals surface area contributed by atoms with Crippen molar-refractivity contribution >= 4 is 37.7 Å². The summed E-state index contributed by atoms with van der Waals surface area (Å²) in [6.07, 6.45) is 2.41. The summed E-state index contributed by atoms with van der Waals surface area (Å²) >= 11 is 3.90. The van der Waals surface area contributed by atoms with Crippen LogP contribution in [0, 0.1) is 5.92 Å². The van der Waals surface area contributed by atoms with Crippen LogP contribution in [-0.4, -0.2) is 18.2 Å². The van der Waals surface area contributed by atoms with E-state index in [9.17, 15) is 0 Å². The summed E-state index contributed by atoms with van der Waals surface area (Å²) in [7, 11) is 0. The van der Waals surface area contributed by atoms with E-state index in [-0.39, 0.29) is 0 Å². The van der Waals surface area contributed by atoms with Gasteiger partial charge in [0.05, 0.1) is 6.61 Å². The molecule has 3 heteroatoms. The van der Waals surface area contributed by atoms with Crippen LogP contribution in [-0.2, 0) is 4.74 Å². The van der Waals surface area contributed by atoms with Crippen LogP contribution in [0.5, 0.6) is 0 Å². The summed E-state index contributed by atoms with van der Waals surface area (Å²) in [4.78, 5) is 3.85. The van der Waals surface area contributed by atoms with Gasteiger partial charge in [0.15, 0.2) is 0 Å². The molecule has 0 aliphatic carbocycles. The molecule has 2 unspecified atom stereocenters. The minimum Gasteiger partial charge on any atom is -0.381 e. The van der Waals surface area contributed by atoms with Gasteiger partial charge in [0.2, 0.25) is 0 Å². The predicted octanol–water partition coefficient (Wildman–Crippen LogP) is 5.18. The molecule has 1 N–H and O–H groups in total. The average Bonchev–Trinajstić information content (AvgIpc) is 2.93. The van der Waals surface area contributed by atoms with Crippen LogP contribution in [0.4, 0.5) is 0 Å². The van der Waals surface area contributed by atoms with Gasteiger partial charge in [-0.3, -0.25) is 0 Å². The van der Waals surface area contributed by atoms with E-state index < -0.39 is 0 Å². The van der Waals surface area contributed by atoms with Gasteiger partial charge < -0.3 is 9.72 Å². The normalized spacial score (nSPS) is 20.9. The summed E-state index contributed by atoms with van der Waals surface area (Å²) in [5.41, 5.74) is 3.76. The Balaban J connectivity index is 1.76. The van der Waals surface area contributed by atoms with Crippen LogP contribution in [0.15, 0.2) is 42.5 Å². The third kappa shape index (κ3) is 2.39. The molecule has 0 radical (unpaired) electrons. The third-order valence-corrected chi connectivity index (χ3v) is 5.73. The maximum atomic E-state index is 5.63. The van der Waals surface area contributed by atoms with E-state index >= 15 is 0 Å². The average molecular weight is 344 g/mol. The van der Waals surface area contributed by atoms with Gasteiger partial charge >= 0.3 is 0 Å². The van der Waals surface area contributed by atoms with Crippen molar-refractivity contribution in [3.05, 3.63) is 48.0 Å². The molecule has 3 aromatic rings. The molecule has 2 nitrogen and oxygen atoms in total. The lowest BCUT2D eigenvalue weighted by Crippen LogP contribution is -2.20. The maximum absolute atomic E-state index is 5.63. The fourth-order valence-electron chi connectivity index (χ4n) is 3.31. The third-order valence-electron chi connectivity index (χ3n) is 4.46. The molecule has 21 heavy (non-hydrogen) atoms. The lowest BCUT2D eigenvalue weighted by atomic mass is 9.93. The van der Waals surface area contributed by atoms with Crippen LogP contribution in [0.2, 0.25) is 0 Å². The fraction of sp³-hybridized carbons (Fsp3) is 0.333. The molecule has 2 aromatic carbocycles. The molecule has 4 rings (SSSR count). The topological polar surface area (TPSA) is 25.0 Å². The van der Waals surface area contributed by atoms with Crippen molar-refractivity contribution in [2.75, 3.05) is 13.2 Å². The summed E-state index contributed by atoms with van der Waals surface area (Å²) in [6.45, 7) is 1.78. The molecule has 2 heterocycles. The van der Waals surface area contributed by atoms with Crippen molar-refractivity contribution in [1.82, 2.24) is 4.98 Å². The second kappa shape index (κ2) is 5.47. The Morgan fingerprint density at radius 3 is 2.81 bits per heavy atom. The number of alkyl halides is 1. The summed E-state index contributed by atoms with van der Waals surface area (Å²) < 4.78 is 5.63. The van der Waals surface area contributed by atoms with E-state index in [0.29, 0.717) is 10.7 Å². The molecular weight excluding hydrogens is 326 g/mol. The first-order chi connectivity index (χ1) is 10.3. The van der Waals surface area contributed by atoms with E-state index in [2.05, 4.69) is 63.4 Å². The Morgan fingerprint density at radius 2 is 1.95 bits per heavy atom. The first kappa shape index (κ1) is 13.4. The highest BCUT2D eigenvalue weighted by molar-refractivity contribution is 9.09. The second-order valence-electron chi connectivity index (χ2n) is 5.85. The highest BCUT2D eigenvalue weighted by Gasteiger charge is 2.23. The Labute approximate surface area is 132 Å². The number of aromatic nitrogens is 1. The first-order valence-corrected chi connectivity index (χ1v) is 8.47. The largest absolute Gasteiger partial charge is 0.381 e. The van der Waals surface area contributed by atoms with Crippen molar-refractivity contribution < 1.29 is 4.74 Å². The van der Waals surface area contributed by atoms with E-state index in [1.807, 2.05) is 0 Å². The quantitative estimate of drug-likeness (QED) is 0.637. The fourth-order valence-corrected chi connectivity index (χ4v) is 4.01. The van der Waals surface area contributed by atoms with Gasteiger partial charge in [-0.2, -0.15) is 0 Å². The molecule has 2 atom stereocenters. The number of para-hydroxylation sites is 1. The summed E-state index contributed by atoms with van der Waals surface area (Å²) in [5.74, 6) is 0.571. The SMILES string of the molecule is BrC(c1ccc2[nH]c3ccccc3c2c1)C1CCCOC1. The van der Waals surface area contributed by atoms with Gasteiger partial charge in [-0.05, 0) is 42.5 Å². The Kier molecular flexibility index (Phi) is 3.48. The van der Waals surface area contributed by atoms with Crippen molar-refractivity contribution in [1.29, 1.82) is 0 Å². The number of H-pyrrole nitrogens is 1. The highest BCUT2D eigenvalue weighted by Crippen LogP contribution is 2.38. The number of hydrogen-bond acceptors (Lipinski definition) is 1. The van der Waals surface area contributed by atoms with Crippen molar-refractivity contribution in [3.63, 3.8) is 0 Å². The van der Waals surface area contributed by atoms with E-state index in [1.54, 1.807) is 0 Å². The number of fused-ring (bicyclic) bond motifs is 3. The molecular formula is C18H18BrNO. The number of benzene rings is 2. The Morgan fingerprint density at radius 1 is 1.10 bits per heavy atom. The molecule has 1 fully saturated rings. The second-order valence-corrected chi connectivity index (χ2v) is 6.84. The van der Waals surface area contributed by atoms with Crippen LogP contribution in [0.25, 0.3) is 21.8 Å². The summed E-state index contributed by atoms with van der Waals surface area (Å²) in [6, 6.07) is 15.2. The zero-order valence-electron chi connectivity index (χ0n) is 11.8. The first-order valence-electron chi connectivity index (χ1n) is 7.55. The standard InChI is InChI=1S/C18H18BrNO/c19-18(13-4-3-9-21-11-13)12-7-8-17-15(10-12)14-5-1-2-6-16(14)20-17/h1-2,5-8,10,13,18,20H,3-4,9,11H2. The number of hydrogen-bond donors (Lipinski definition) is 1. The van der Waals surface area contributed by atoms with Crippen LogP contribution >= 0.6 is 15.9 Å². The monoisotopic (exact) mass is 343 g/mol. The maximum Gasteiger partial charge on any atom is 0.0508 e. The zero-order valence-corrected chi connectivity index (χ0v) is 13.4. The minimum absolute atomic E-state index is 0.371. The van der Waals surface area contributed by atoms with E-state index in [4.69, 9.17) is 4.74 Å². The van der Waals surface area contributed by atoms with Gasteiger partial charge in [0.1, 0.15) is 0 Å². The van der Waals surface area contributed by atoms with Crippen LogP contribution < -0.4 is 0 Å². The van der Waals surface area contributed by atoms with Crippen LogP contribution in [0.1, 0.15) is 23.2 Å². The van der Waals surface area contributed by atoms with Crippen molar-refractivity contribution in [2.45, 2.75) is 17.7 Å². The lowest BCUT2D eigenvalue weighted by molar-refractivity contribution is 0.0546. The smallest absolute Gasteiger partial charge is 0.0508 e. The Bertz CT molecular complexity index is 773. The molecule has 1 aliphatic rings. The van der Waals surface area contributed by atoms with Crippen LogP contribution in [0.3, 0.4) is 0 Å². The number of halogens is 1. The predicted molar refractivity (Wildman–Crippen MR) is 91.0 cm³/mol. The van der Waals surface area contributed by atoms with Gasteiger partial charge in [-0.1, -0.05) is 40.2 Å². The van der Waals surface area contributed by atoms with Gasteiger partial charge in [0.25, 0.3) is 0 Å². The Hall–Kier alpha value is -1.32.